The lowest BCUT2D eigenvalue weighted by Gasteiger charge is -2.15. The molecule has 2 rings (SSSR count). The van der Waals surface area contributed by atoms with Gasteiger partial charge in [-0.2, -0.15) is 0 Å². The fourth-order valence-electron chi connectivity index (χ4n) is 1.84. The maximum Gasteiger partial charge on any atom is 0.247 e. The third-order valence-electron chi connectivity index (χ3n) is 2.52. The van der Waals surface area contributed by atoms with Gasteiger partial charge in [-0.1, -0.05) is 35.0 Å². The third-order valence-corrected chi connectivity index (χ3v) is 3.94. The van der Waals surface area contributed by atoms with E-state index in [9.17, 15) is 14.4 Å². The molecule has 1 aliphatic heterocycles. The van der Waals surface area contributed by atoms with E-state index in [1.807, 2.05) is 0 Å². The molecule has 2 amide bonds. The normalized spacial score (nSPS) is 19.1. The summed E-state index contributed by atoms with van der Waals surface area (Å²) >= 11 is 12.6. The van der Waals surface area contributed by atoms with Crippen LogP contribution in [0.3, 0.4) is 0 Å². The predicted molar refractivity (Wildman–Crippen MR) is 75.6 cm³/mol. The summed E-state index contributed by atoms with van der Waals surface area (Å²) in [7, 11) is 0. The van der Waals surface area contributed by atoms with Gasteiger partial charge in [-0.3, -0.25) is 14.4 Å². The van der Waals surface area contributed by atoms with Crippen molar-refractivity contribution in [1.82, 2.24) is 0 Å². The molecule has 1 atom stereocenters. The summed E-state index contributed by atoms with van der Waals surface area (Å²) in [5, 5.41) is -0.184. The van der Waals surface area contributed by atoms with E-state index in [0.717, 1.165) is 16.7 Å². The van der Waals surface area contributed by atoms with Crippen molar-refractivity contribution in [3.05, 3.63) is 28.2 Å². The number of thioether (sulfide) groups is 1. The summed E-state index contributed by atoms with van der Waals surface area (Å²) in [5.74, 6) is -0.773. The highest BCUT2D eigenvalue weighted by Gasteiger charge is 2.40. The number of carbonyl (C=O) groups is 3. The summed E-state index contributed by atoms with van der Waals surface area (Å²) in [6.45, 7) is 1.36. The van der Waals surface area contributed by atoms with E-state index < -0.39 is 11.2 Å². The van der Waals surface area contributed by atoms with Crippen molar-refractivity contribution in [1.29, 1.82) is 0 Å². The summed E-state index contributed by atoms with van der Waals surface area (Å²) in [6, 6.07) is 4.49. The van der Waals surface area contributed by atoms with Crippen LogP contribution >= 0.6 is 35.0 Å². The zero-order chi connectivity index (χ0) is 14.2. The lowest BCUT2D eigenvalue weighted by molar-refractivity contribution is -0.121. The van der Waals surface area contributed by atoms with Gasteiger partial charge >= 0.3 is 0 Å². The van der Waals surface area contributed by atoms with Crippen LogP contribution in [0.15, 0.2) is 18.2 Å². The number of halogens is 2. The molecule has 0 aromatic heterocycles. The monoisotopic (exact) mass is 317 g/mol. The van der Waals surface area contributed by atoms with Gasteiger partial charge in [-0.05, 0) is 18.2 Å². The molecule has 1 fully saturated rings. The van der Waals surface area contributed by atoms with Crippen molar-refractivity contribution in [2.24, 2.45) is 0 Å². The number of hydrogen-bond donors (Lipinski definition) is 0. The van der Waals surface area contributed by atoms with E-state index in [-0.39, 0.29) is 17.4 Å². The molecule has 0 N–H and O–H groups in total. The second-order valence-corrected chi connectivity index (χ2v) is 6.25. The van der Waals surface area contributed by atoms with E-state index in [4.69, 9.17) is 23.2 Å². The Balaban J connectivity index is 2.32. The average molecular weight is 318 g/mol. The van der Waals surface area contributed by atoms with E-state index in [1.54, 1.807) is 0 Å². The highest BCUT2D eigenvalue weighted by Crippen LogP contribution is 2.32. The Morgan fingerprint density at radius 1 is 1.26 bits per heavy atom. The van der Waals surface area contributed by atoms with Gasteiger partial charge in [0.25, 0.3) is 0 Å². The van der Waals surface area contributed by atoms with Crippen LogP contribution < -0.4 is 4.90 Å². The number of anilines is 1. The van der Waals surface area contributed by atoms with E-state index in [1.165, 1.54) is 25.1 Å². The molecule has 1 saturated heterocycles. The minimum absolute atomic E-state index is 0.00716. The molecule has 0 saturated carbocycles. The van der Waals surface area contributed by atoms with Gasteiger partial charge in [0, 0.05) is 23.4 Å². The second-order valence-electron chi connectivity index (χ2n) is 4.00. The zero-order valence-corrected chi connectivity index (χ0v) is 12.2. The highest BCUT2D eigenvalue weighted by molar-refractivity contribution is 8.14. The molecule has 0 spiro atoms. The quantitative estimate of drug-likeness (QED) is 0.787. The van der Waals surface area contributed by atoms with Crippen LogP contribution in [0.5, 0.6) is 0 Å². The summed E-state index contributed by atoms with van der Waals surface area (Å²) in [6.07, 6.45) is 0.00716. The van der Waals surface area contributed by atoms with Crippen molar-refractivity contribution in [3.63, 3.8) is 0 Å². The predicted octanol–water partition coefficient (Wildman–Crippen LogP) is 2.91. The molecule has 100 valence electrons. The van der Waals surface area contributed by atoms with Gasteiger partial charge in [-0.25, -0.2) is 4.90 Å². The number of hydrogen-bond acceptors (Lipinski definition) is 4. The van der Waals surface area contributed by atoms with Gasteiger partial charge in [0.15, 0.2) is 5.12 Å². The lowest BCUT2D eigenvalue weighted by atomic mass is 10.3. The number of nitrogens with zero attached hydrogens (tertiary/aromatic N) is 1. The first kappa shape index (κ1) is 14.4. The number of benzene rings is 1. The average Bonchev–Trinajstić information content (AvgIpc) is 2.51. The van der Waals surface area contributed by atoms with Crippen molar-refractivity contribution in [3.8, 4) is 0 Å². The molecule has 0 aliphatic carbocycles. The molecular weight excluding hydrogens is 309 g/mol. The first-order chi connectivity index (χ1) is 8.88. The van der Waals surface area contributed by atoms with Crippen LogP contribution in [-0.4, -0.2) is 22.2 Å². The molecule has 4 nitrogen and oxygen atoms in total. The van der Waals surface area contributed by atoms with Gasteiger partial charge in [-0.15, -0.1) is 0 Å². The van der Waals surface area contributed by atoms with Crippen LogP contribution in [0.1, 0.15) is 13.3 Å². The molecular formula is C12H9Cl2NO3S. The first-order valence-corrected chi connectivity index (χ1v) is 7.02. The summed E-state index contributed by atoms with van der Waals surface area (Å²) in [5.41, 5.74) is 0.333. The highest BCUT2D eigenvalue weighted by atomic mass is 35.5. The van der Waals surface area contributed by atoms with Crippen LogP contribution in [-0.2, 0) is 14.4 Å². The van der Waals surface area contributed by atoms with Crippen LogP contribution in [0.2, 0.25) is 10.0 Å². The Hall–Kier alpha value is -1.04. The van der Waals surface area contributed by atoms with Gasteiger partial charge in [0.2, 0.25) is 11.8 Å². The second kappa shape index (κ2) is 5.53. The minimum Gasteiger partial charge on any atom is -0.288 e. The Morgan fingerprint density at radius 3 is 2.37 bits per heavy atom. The number of amides is 2. The summed E-state index contributed by atoms with van der Waals surface area (Å²) < 4.78 is 0. The molecule has 1 aromatic carbocycles. The lowest BCUT2D eigenvalue weighted by Crippen LogP contribution is -2.31. The van der Waals surface area contributed by atoms with E-state index in [0.29, 0.717) is 15.7 Å². The van der Waals surface area contributed by atoms with Crippen LogP contribution in [0, 0.1) is 0 Å². The molecule has 19 heavy (non-hydrogen) atoms. The van der Waals surface area contributed by atoms with Crippen molar-refractivity contribution in [2.45, 2.75) is 18.6 Å². The molecule has 1 aromatic rings. The smallest absolute Gasteiger partial charge is 0.247 e. The molecule has 0 unspecified atom stereocenters. The van der Waals surface area contributed by atoms with Crippen molar-refractivity contribution in [2.75, 3.05) is 4.90 Å². The SMILES string of the molecule is CC(=O)S[C@H]1CC(=O)N(c2cc(Cl)cc(Cl)c2)C1=O. The minimum atomic E-state index is -0.664. The fraction of sp³-hybridized carbons (Fsp3) is 0.250. The Morgan fingerprint density at radius 2 is 1.84 bits per heavy atom. The van der Waals surface area contributed by atoms with E-state index in [2.05, 4.69) is 0 Å². The molecule has 7 heteroatoms. The Bertz CT molecular complexity index is 556. The fourth-order valence-corrected chi connectivity index (χ4v) is 3.18. The van der Waals surface area contributed by atoms with Crippen molar-refractivity contribution < 1.29 is 14.4 Å². The number of rotatable bonds is 2. The Kier molecular flexibility index (Phi) is 4.18. The van der Waals surface area contributed by atoms with Crippen LogP contribution in [0.4, 0.5) is 5.69 Å². The van der Waals surface area contributed by atoms with Crippen LogP contribution in [0.25, 0.3) is 0 Å². The zero-order valence-electron chi connectivity index (χ0n) is 9.85. The van der Waals surface area contributed by atoms with Crippen molar-refractivity contribution >= 4 is 57.6 Å². The molecule has 1 heterocycles. The van der Waals surface area contributed by atoms with Gasteiger partial charge in [0.05, 0.1) is 5.69 Å². The Labute approximate surface area is 124 Å². The number of carbonyl (C=O) groups excluding carboxylic acids is 3. The van der Waals surface area contributed by atoms with Gasteiger partial charge < -0.3 is 0 Å². The maximum atomic E-state index is 12.1. The number of imide groups is 1. The molecule has 0 radical (unpaired) electrons. The molecule has 0 bridgehead atoms. The third kappa shape index (κ3) is 3.11. The topological polar surface area (TPSA) is 54.5 Å². The maximum absolute atomic E-state index is 12.1. The molecule has 1 aliphatic rings. The van der Waals surface area contributed by atoms with Gasteiger partial charge in [0.1, 0.15) is 5.25 Å². The summed E-state index contributed by atoms with van der Waals surface area (Å²) in [4.78, 5) is 36.1. The largest absolute Gasteiger partial charge is 0.288 e. The standard InChI is InChI=1S/C12H9Cl2NO3S/c1-6(16)19-10-5-11(17)15(12(10)18)9-3-7(13)2-8(14)4-9/h2-4,10H,5H2,1H3/t10-/m0/s1. The van der Waals surface area contributed by atoms with E-state index >= 15 is 0 Å². The first-order valence-electron chi connectivity index (χ1n) is 5.38.